The van der Waals surface area contributed by atoms with E-state index in [1.807, 2.05) is 12.1 Å². The number of fused-ring (bicyclic) bond motifs is 1. The van der Waals surface area contributed by atoms with Gasteiger partial charge in [0.25, 0.3) is 10.0 Å². The van der Waals surface area contributed by atoms with Crippen LogP contribution in [0.3, 0.4) is 0 Å². The molecule has 0 fully saturated rings. The van der Waals surface area contributed by atoms with Crippen LogP contribution in [0.5, 0.6) is 0 Å². The van der Waals surface area contributed by atoms with Gasteiger partial charge >= 0.3 is 0 Å². The topological polar surface area (TPSA) is 58.2 Å². The van der Waals surface area contributed by atoms with Crippen LogP contribution in [-0.4, -0.2) is 15.0 Å². The lowest BCUT2D eigenvalue weighted by atomic mass is 9.99. The summed E-state index contributed by atoms with van der Waals surface area (Å²) >= 11 is 12.8. The zero-order valence-corrected chi connectivity index (χ0v) is 14.0. The molecule has 2 heterocycles. The van der Waals surface area contributed by atoms with E-state index in [0.29, 0.717) is 10.0 Å². The minimum atomic E-state index is -3.73. The van der Waals surface area contributed by atoms with Crippen LogP contribution >= 0.6 is 34.5 Å². The van der Waals surface area contributed by atoms with E-state index in [2.05, 4.69) is 10.0 Å². The van der Waals surface area contributed by atoms with Gasteiger partial charge in [-0.15, -0.1) is 11.3 Å². The number of thiophene rings is 1. The molecular formula is C13H12Cl2N2O2S2. The molecule has 0 atom stereocenters. The van der Waals surface area contributed by atoms with E-state index in [1.165, 1.54) is 6.07 Å². The highest BCUT2D eigenvalue weighted by atomic mass is 35.5. The van der Waals surface area contributed by atoms with E-state index in [4.69, 9.17) is 23.2 Å². The first-order valence-corrected chi connectivity index (χ1v) is 9.32. The van der Waals surface area contributed by atoms with Gasteiger partial charge in [0.2, 0.25) is 0 Å². The molecule has 2 N–H and O–H groups in total. The monoisotopic (exact) mass is 362 g/mol. The van der Waals surface area contributed by atoms with Crippen molar-refractivity contribution in [3.8, 4) is 0 Å². The fraction of sp³-hybridized carbons (Fsp3) is 0.231. The van der Waals surface area contributed by atoms with Gasteiger partial charge in [-0.05, 0) is 36.2 Å². The first kappa shape index (κ1) is 15.1. The Labute approximate surface area is 137 Å². The Kier molecular flexibility index (Phi) is 4.16. The molecule has 1 aromatic heterocycles. The first-order valence-electron chi connectivity index (χ1n) is 6.26. The van der Waals surface area contributed by atoms with Gasteiger partial charge in [0.15, 0.2) is 0 Å². The molecule has 8 heteroatoms. The maximum atomic E-state index is 12.5. The van der Waals surface area contributed by atoms with Gasteiger partial charge in [0.05, 0.1) is 10.0 Å². The highest BCUT2D eigenvalue weighted by Crippen LogP contribution is 2.35. The Morgan fingerprint density at radius 1 is 1.29 bits per heavy atom. The minimum absolute atomic E-state index is 0.0192. The van der Waals surface area contributed by atoms with Crippen molar-refractivity contribution in [1.29, 1.82) is 0 Å². The molecular weight excluding hydrogens is 351 g/mol. The number of anilines is 1. The van der Waals surface area contributed by atoms with Crippen molar-refractivity contribution in [3.63, 3.8) is 0 Å². The first-order chi connectivity index (χ1) is 9.97. The van der Waals surface area contributed by atoms with Gasteiger partial charge in [-0.3, -0.25) is 4.72 Å². The predicted octanol–water partition coefficient (Wildman–Crippen LogP) is 3.50. The average Bonchev–Trinajstić information content (AvgIpc) is 2.79. The van der Waals surface area contributed by atoms with E-state index in [9.17, 15) is 8.42 Å². The highest BCUT2D eigenvalue weighted by Gasteiger charge is 2.23. The summed E-state index contributed by atoms with van der Waals surface area (Å²) in [5.74, 6) is 0. The molecule has 0 bridgehead atoms. The minimum Gasteiger partial charge on any atom is -0.312 e. The fourth-order valence-corrected chi connectivity index (χ4v) is 5.58. The number of sulfonamides is 1. The second-order valence-corrected chi connectivity index (χ2v) is 8.60. The predicted molar refractivity (Wildman–Crippen MR) is 87.0 cm³/mol. The summed E-state index contributed by atoms with van der Waals surface area (Å²) in [5.41, 5.74) is 2.74. The van der Waals surface area contributed by atoms with Crippen molar-refractivity contribution in [2.24, 2.45) is 0 Å². The Morgan fingerprint density at radius 2 is 2.10 bits per heavy atom. The molecule has 1 aliphatic rings. The normalized spacial score (nSPS) is 14.8. The van der Waals surface area contributed by atoms with Crippen LogP contribution in [-0.2, 0) is 23.0 Å². The lowest BCUT2D eigenvalue weighted by Crippen LogP contribution is -2.25. The zero-order valence-electron chi connectivity index (χ0n) is 10.8. The highest BCUT2D eigenvalue weighted by molar-refractivity contribution is 7.93. The third-order valence-electron chi connectivity index (χ3n) is 3.30. The number of hydrogen-bond acceptors (Lipinski definition) is 4. The van der Waals surface area contributed by atoms with Crippen LogP contribution in [0.2, 0.25) is 8.67 Å². The standard InChI is InChI=1S/C13H12Cl2N2O2S2/c14-12-6-11(13(15)20-12)21(18,19)17-10-3-1-2-8-7-16-5-4-9(8)10/h1-3,6,16-17H,4-5,7H2. The van der Waals surface area contributed by atoms with E-state index in [-0.39, 0.29) is 9.23 Å². The zero-order chi connectivity index (χ0) is 15.0. The van der Waals surface area contributed by atoms with Crippen molar-refractivity contribution in [1.82, 2.24) is 5.32 Å². The van der Waals surface area contributed by atoms with Gasteiger partial charge in [0.1, 0.15) is 9.23 Å². The van der Waals surface area contributed by atoms with E-state index in [1.54, 1.807) is 6.07 Å². The lowest BCUT2D eigenvalue weighted by Gasteiger charge is -2.20. The lowest BCUT2D eigenvalue weighted by molar-refractivity contribution is 0.601. The summed E-state index contributed by atoms with van der Waals surface area (Å²) < 4.78 is 28.1. The van der Waals surface area contributed by atoms with Gasteiger partial charge < -0.3 is 5.32 Å². The molecule has 21 heavy (non-hydrogen) atoms. The summed E-state index contributed by atoms with van der Waals surface area (Å²) in [7, 11) is -3.73. The summed E-state index contributed by atoms with van der Waals surface area (Å²) in [5, 5.41) is 3.26. The van der Waals surface area contributed by atoms with Crippen LogP contribution < -0.4 is 10.0 Å². The van der Waals surface area contributed by atoms with Crippen LogP contribution in [0.25, 0.3) is 0 Å². The summed E-state index contributed by atoms with van der Waals surface area (Å²) in [4.78, 5) is 0.0192. The number of rotatable bonds is 3. The van der Waals surface area contributed by atoms with Crippen molar-refractivity contribution in [3.05, 3.63) is 44.1 Å². The molecule has 0 saturated carbocycles. The smallest absolute Gasteiger partial charge is 0.264 e. The Hall–Kier alpha value is -0.790. The second kappa shape index (κ2) is 5.78. The van der Waals surface area contributed by atoms with E-state index < -0.39 is 10.0 Å². The molecule has 2 aromatic rings. The van der Waals surface area contributed by atoms with Gasteiger partial charge in [-0.2, -0.15) is 0 Å². The molecule has 112 valence electrons. The van der Waals surface area contributed by atoms with Gasteiger partial charge in [-0.25, -0.2) is 8.42 Å². The molecule has 0 unspecified atom stereocenters. The number of hydrogen-bond donors (Lipinski definition) is 2. The molecule has 0 saturated heterocycles. The molecule has 3 rings (SSSR count). The third kappa shape index (κ3) is 3.05. The fourth-order valence-electron chi connectivity index (χ4n) is 2.34. The summed E-state index contributed by atoms with van der Waals surface area (Å²) in [6.45, 7) is 1.58. The number of benzene rings is 1. The van der Waals surface area contributed by atoms with Crippen molar-refractivity contribution < 1.29 is 8.42 Å². The molecule has 0 spiro atoms. The van der Waals surface area contributed by atoms with Gasteiger partial charge in [0, 0.05) is 6.54 Å². The largest absolute Gasteiger partial charge is 0.312 e. The summed E-state index contributed by atoms with van der Waals surface area (Å²) in [6.07, 6.45) is 0.784. The Balaban J connectivity index is 1.98. The van der Waals surface area contributed by atoms with Crippen LogP contribution in [0.4, 0.5) is 5.69 Å². The van der Waals surface area contributed by atoms with Crippen LogP contribution in [0.1, 0.15) is 11.1 Å². The second-order valence-electron chi connectivity index (χ2n) is 4.66. The molecule has 0 amide bonds. The SMILES string of the molecule is O=S(=O)(Nc1cccc2c1CCNC2)c1cc(Cl)sc1Cl. The number of halogens is 2. The van der Waals surface area contributed by atoms with Crippen molar-refractivity contribution in [2.45, 2.75) is 17.9 Å². The van der Waals surface area contributed by atoms with Crippen molar-refractivity contribution >= 4 is 50.2 Å². The maximum absolute atomic E-state index is 12.5. The maximum Gasteiger partial charge on any atom is 0.264 e. The Morgan fingerprint density at radius 3 is 2.81 bits per heavy atom. The molecule has 1 aliphatic heterocycles. The number of nitrogens with one attached hydrogen (secondary N) is 2. The average molecular weight is 363 g/mol. The van der Waals surface area contributed by atoms with E-state index >= 15 is 0 Å². The summed E-state index contributed by atoms with van der Waals surface area (Å²) in [6, 6.07) is 6.97. The van der Waals surface area contributed by atoms with Crippen LogP contribution in [0, 0.1) is 0 Å². The van der Waals surface area contributed by atoms with Crippen molar-refractivity contribution in [2.75, 3.05) is 11.3 Å². The molecule has 0 aliphatic carbocycles. The molecule has 1 aromatic carbocycles. The Bertz CT molecular complexity index is 787. The third-order valence-corrected chi connectivity index (χ3v) is 6.42. The van der Waals surface area contributed by atoms with E-state index in [0.717, 1.165) is 42.0 Å². The van der Waals surface area contributed by atoms with Gasteiger partial charge in [-0.1, -0.05) is 35.3 Å². The quantitative estimate of drug-likeness (QED) is 0.878. The molecule has 0 radical (unpaired) electrons. The molecule has 4 nitrogen and oxygen atoms in total. The van der Waals surface area contributed by atoms with Crippen LogP contribution in [0.15, 0.2) is 29.2 Å².